The number of benzene rings is 2. The van der Waals surface area contributed by atoms with E-state index in [0.717, 1.165) is 12.0 Å². The molecule has 0 aliphatic carbocycles. The van der Waals surface area contributed by atoms with Crippen LogP contribution in [0.2, 0.25) is 0 Å². The second kappa shape index (κ2) is 12.0. The van der Waals surface area contributed by atoms with Gasteiger partial charge in [-0.2, -0.15) is 0 Å². The lowest BCUT2D eigenvalue weighted by Crippen LogP contribution is -2.52. The second-order valence-electron chi connectivity index (χ2n) is 7.70. The highest BCUT2D eigenvalue weighted by molar-refractivity contribution is 5.88. The number of aryl methyl sites for hydroxylation is 1. The number of nitrogens with one attached hydrogen (secondary N) is 1. The molecule has 0 heterocycles. The first-order valence-electron chi connectivity index (χ1n) is 10.8. The summed E-state index contributed by atoms with van der Waals surface area (Å²) in [6.45, 7) is 8.24. The minimum atomic E-state index is -0.519. The molecule has 162 valence electrons. The molecule has 2 rings (SSSR count). The van der Waals surface area contributed by atoms with Crippen molar-refractivity contribution in [3.05, 3.63) is 65.7 Å². The summed E-state index contributed by atoms with van der Waals surface area (Å²) < 4.78 is 5.73. The molecule has 0 spiro atoms. The maximum absolute atomic E-state index is 13.1. The van der Waals surface area contributed by atoms with Crippen LogP contribution in [0.4, 0.5) is 0 Å². The lowest BCUT2D eigenvalue weighted by atomic mass is 10.1. The van der Waals surface area contributed by atoms with Gasteiger partial charge in [-0.3, -0.25) is 9.59 Å². The molecule has 2 aromatic rings. The number of carbonyl (C=O) groups excluding carboxylic acids is 2. The van der Waals surface area contributed by atoms with Gasteiger partial charge in [-0.15, -0.1) is 0 Å². The highest BCUT2D eigenvalue weighted by Crippen LogP contribution is 2.14. The van der Waals surface area contributed by atoms with Gasteiger partial charge in [-0.25, -0.2) is 0 Å². The van der Waals surface area contributed by atoms with E-state index in [-0.39, 0.29) is 24.5 Å². The van der Waals surface area contributed by atoms with Gasteiger partial charge in [-0.1, -0.05) is 56.3 Å². The Labute approximate surface area is 180 Å². The van der Waals surface area contributed by atoms with Crippen molar-refractivity contribution in [2.45, 2.75) is 59.0 Å². The molecule has 1 atom stereocenters. The molecule has 2 aromatic carbocycles. The second-order valence-corrected chi connectivity index (χ2v) is 7.70. The van der Waals surface area contributed by atoms with E-state index in [1.54, 1.807) is 4.90 Å². The molecule has 0 saturated carbocycles. The van der Waals surface area contributed by atoms with Gasteiger partial charge in [0.15, 0.2) is 6.61 Å². The van der Waals surface area contributed by atoms with Crippen molar-refractivity contribution in [3.8, 4) is 5.75 Å². The third kappa shape index (κ3) is 7.21. The first-order chi connectivity index (χ1) is 14.4. The maximum Gasteiger partial charge on any atom is 0.261 e. The fraction of sp³-hybridized carbons (Fsp3) is 0.440. The van der Waals surface area contributed by atoms with E-state index in [2.05, 4.69) is 12.2 Å². The van der Waals surface area contributed by atoms with Crippen LogP contribution in [-0.4, -0.2) is 41.9 Å². The Hall–Kier alpha value is -2.82. The molecule has 0 aliphatic heterocycles. The fourth-order valence-electron chi connectivity index (χ4n) is 3.33. The Morgan fingerprint density at radius 2 is 1.63 bits per heavy atom. The minimum absolute atomic E-state index is 0.0194. The summed E-state index contributed by atoms with van der Waals surface area (Å²) in [4.78, 5) is 27.5. The largest absolute Gasteiger partial charge is 0.484 e. The molecular weight excluding hydrogens is 376 g/mol. The van der Waals surface area contributed by atoms with Crippen LogP contribution in [0.25, 0.3) is 0 Å². The summed E-state index contributed by atoms with van der Waals surface area (Å²) in [5.41, 5.74) is 2.35. The lowest BCUT2D eigenvalue weighted by molar-refractivity contribution is -0.142. The average Bonchev–Trinajstić information content (AvgIpc) is 2.75. The van der Waals surface area contributed by atoms with Crippen LogP contribution in [-0.2, 0) is 22.4 Å². The highest BCUT2D eigenvalue weighted by atomic mass is 16.5. The number of rotatable bonds is 11. The van der Waals surface area contributed by atoms with Gasteiger partial charge in [-0.05, 0) is 56.4 Å². The van der Waals surface area contributed by atoms with E-state index >= 15 is 0 Å². The number of carbonyl (C=O) groups is 2. The zero-order valence-corrected chi connectivity index (χ0v) is 18.6. The Kier molecular flexibility index (Phi) is 9.39. The molecule has 1 N–H and O–H groups in total. The van der Waals surface area contributed by atoms with Gasteiger partial charge in [0.1, 0.15) is 11.8 Å². The lowest BCUT2D eigenvalue weighted by Gasteiger charge is -2.31. The summed E-state index contributed by atoms with van der Waals surface area (Å²) in [5.74, 6) is 0.348. The molecule has 0 aromatic heterocycles. The van der Waals surface area contributed by atoms with E-state index in [4.69, 9.17) is 4.74 Å². The van der Waals surface area contributed by atoms with E-state index < -0.39 is 6.04 Å². The first-order valence-corrected chi connectivity index (χ1v) is 10.8. The minimum Gasteiger partial charge on any atom is -0.484 e. The van der Waals surface area contributed by atoms with E-state index in [1.807, 2.05) is 75.4 Å². The van der Waals surface area contributed by atoms with E-state index in [0.29, 0.717) is 25.1 Å². The zero-order chi connectivity index (χ0) is 21.9. The van der Waals surface area contributed by atoms with Crippen LogP contribution in [0.3, 0.4) is 0 Å². The summed E-state index contributed by atoms with van der Waals surface area (Å²) in [6.07, 6.45) is 2.18. The molecule has 5 nitrogen and oxygen atoms in total. The van der Waals surface area contributed by atoms with Crippen LogP contribution >= 0.6 is 0 Å². The Balaban J connectivity index is 2.10. The first kappa shape index (κ1) is 23.5. The van der Waals surface area contributed by atoms with Crippen molar-refractivity contribution < 1.29 is 14.3 Å². The van der Waals surface area contributed by atoms with Gasteiger partial charge in [0.05, 0.1) is 0 Å². The predicted octanol–water partition coefficient (Wildman–Crippen LogP) is 4.00. The van der Waals surface area contributed by atoms with Crippen LogP contribution in [0.5, 0.6) is 5.75 Å². The normalized spacial score (nSPS) is 11.8. The molecule has 0 unspecified atom stereocenters. The highest BCUT2D eigenvalue weighted by Gasteiger charge is 2.28. The topological polar surface area (TPSA) is 58.6 Å². The zero-order valence-electron chi connectivity index (χ0n) is 18.6. The van der Waals surface area contributed by atoms with Gasteiger partial charge in [0.2, 0.25) is 5.91 Å². The van der Waals surface area contributed by atoms with Gasteiger partial charge < -0.3 is 15.0 Å². The summed E-state index contributed by atoms with van der Waals surface area (Å²) in [5, 5.41) is 2.94. The summed E-state index contributed by atoms with van der Waals surface area (Å²) in [6, 6.07) is 17.2. The van der Waals surface area contributed by atoms with Gasteiger partial charge >= 0.3 is 0 Å². The predicted molar refractivity (Wildman–Crippen MR) is 121 cm³/mol. The van der Waals surface area contributed by atoms with Gasteiger partial charge in [0.25, 0.3) is 5.91 Å². The molecule has 0 saturated heterocycles. The van der Waals surface area contributed by atoms with E-state index in [1.165, 1.54) is 5.56 Å². The van der Waals surface area contributed by atoms with Crippen molar-refractivity contribution in [1.29, 1.82) is 0 Å². The molecule has 0 radical (unpaired) electrons. The van der Waals surface area contributed by atoms with Crippen molar-refractivity contribution in [2.24, 2.45) is 0 Å². The molecule has 0 aliphatic rings. The number of amides is 2. The molecule has 2 amide bonds. The number of nitrogens with zero attached hydrogens (tertiary/aromatic N) is 1. The number of hydrogen-bond acceptors (Lipinski definition) is 3. The van der Waals surface area contributed by atoms with Crippen molar-refractivity contribution in [1.82, 2.24) is 10.2 Å². The molecule has 0 fully saturated rings. The Bertz CT molecular complexity index is 788. The molecule has 30 heavy (non-hydrogen) atoms. The van der Waals surface area contributed by atoms with Crippen molar-refractivity contribution >= 4 is 11.8 Å². The summed E-state index contributed by atoms with van der Waals surface area (Å²) in [7, 11) is 0. The van der Waals surface area contributed by atoms with Crippen LogP contribution in [0.15, 0.2) is 54.6 Å². The fourth-order valence-corrected chi connectivity index (χ4v) is 3.33. The summed E-state index contributed by atoms with van der Waals surface area (Å²) >= 11 is 0. The van der Waals surface area contributed by atoms with Gasteiger partial charge in [0, 0.05) is 12.6 Å². The van der Waals surface area contributed by atoms with E-state index in [9.17, 15) is 9.59 Å². The number of hydrogen-bond donors (Lipinski definition) is 1. The van der Waals surface area contributed by atoms with Crippen LogP contribution in [0.1, 0.15) is 45.2 Å². The Morgan fingerprint density at radius 3 is 2.20 bits per heavy atom. The van der Waals surface area contributed by atoms with Crippen molar-refractivity contribution in [3.63, 3.8) is 0 Å². The third-order valence-electron chi connectivity index (χ3n) is 4.99. The Morgan fingerprint density at radius 1 is 0.967 bits per heavy atom. The van der Waals surface area contributed by atoms with Crippen LogP contribution in [0, 0.1) is 0 Å². The molecule has 0 bridgehead atoms. The smallest absolute Gasteiger partial charge is 0.261 e. The maximum atomic E-state index is 13.1. The molecular formula is C25H34N2O3. The SMILES string of the molecule is CCc1ccc(OCC(=O)N(CCc2ccccc2)[C@@H](CC)C(=O)NC(C)C)cc1. The monoisotopic (exact) mass is 410 g/mol. The molecule has 5 heteroatoms. The number of ether oxygens (including phenoxy) is 1. The standard InChI is InChI=1S/C25H34N2O3/c1-5-20-12-14-22(15-13-20)30-18-24(28)27(17-16-21-10-8-7-9-11-21)23(6-2)25(29)26-19(3)4/h7-15,19,23H,5-6,16-18H2,1-4H3,(H,26,29)/t23-/m0/s1. The average molecular weight is 411 g/mol. The van der Waals surface area contributed by atoms with Crippen LogP contribution < -0.4 is 10.1 Å². The van der Waals surface area contributed by atoms with Crippen molar-refractivity contribution in [2.75, 3.05) is 13.2 Å². The third-order valence-corrected chi connectivity index (χ3v) is 4.99. The quantitative estimate of drug-likeness (QED) is 0.609.